The van der Waals surface area contributed by atoms with Gasteiger partial charge in [0, 0.05) is 23.4 Å². The smallest absolute Gasteiger partial charge is 0.350 e. The zero-order valence-electron chi connectivity index (χ0n) is 12.9. The van der Waals surface area contributed by atoms with Gasteiger partial charge in [-0.05, 0) is 37.0 Å². The van der Waals surface area contributed by atoms with Crippen molar-refractivity contribution in [3.05, 3.63) is 34.9 Å². The van der Waals surface area contributed by atoms with E-state index in [0.717, 1.165) is 5.56 Å². The second kappa shape index (κ2) is 7.42. The lowest BCUT2D eigenvalue weighted by Gasteiger charge is -2.29. The first-order chi connectivity index (χ1) is 11.2. The standard InChI is InChI=1S/C16H18ClF3N2O2/c17-12-3-1-11(2-4-12)9-15(8-6-14(24)22-15)7-5-13(23)21-10-16(18,19)20/h1-4H,5-10H2,(H,21,23)(H,22,24)/t15-/m1/s1. The van der Waals surface area contributed by atoms with Crippen LogP contribution in [0.25, 0.3) is 0 Å². The highest BCUT2D eigenvalue weighted by atomic mass is 35.5. The molecule has 0 bridgehead atoms. The van der Waals surface area contributed by atoms with Crippen molar-refractivity contribution in [2.24, 2.45) is 0 Å². The quantitative estimate of drug-likeness (QED) is 0.817. The average molecular weight is 363 g/mol. The van der Waals surface area contributed by atoms with Gasteiger partial charge in [0.2, 0.25) is 11.8 Å². The maximum atomic E-state index is 12.1. The summed E-state index contributed by atoms with van der Waals surface area (Å²) in [5.74, 6) is -0.788. The van der Waals surface area contributed by atoms with Crippen LogP contribution in [-0.2, 0) is 16.0 Å². The van der Waals surface area contributed by atoms with E-state index in [0.29, 0.717) is 24.3 Å². The van der Waals surface area contributed by atoms with E-state index < -0.39 is 24.2 Å². The number of amides is 2. The highest BCUT2D eigenvalue weighted by Gasteiger charge is 2.38. The summed E-state index contributed by atoms with van der Waals surface area (Å²) in [6.07, 6.45) is -2.84. The summed E-state index contributed by atoms with van der Waals surface area (Å²) in [4.78, 5) is 23.2. The Bertz CT molecular complexity index is 604. The molecule has 0 unspecified atom stereocenters. The third-order valence-electron chi connectivity index (χ3n) is 4.01. The molecule has 1 heterocycles. The van der Waals surface area contributed by atoms with Crippen molar-refractivity contribution in [3.8, 4) is 0 Å². The molecule has 1 aromatic carbocycles. The number of carbonyl (C=O) groups excluding carboxylic acids is 2. The lowest BCUT2D eigenvalue weighted by molar-refractivity contribution is -0.138. The van der Waals surface area contributed by atoms with Gasteiger partial charge < -0.3 is 10.6 Å². The number of alkyl halides is 3. The SMILES string of the molecule is O=C(CC[C@]1(Cc2ccc(Cl)cc2)CCC(=O)N1)NCC(F)(F)F. The predicted octanol–water partition coefficient (Wildman–Crippen LogP) is 2.99. The summed E-state index contributed by atoms with van der Waals surface area (Å²) in [6.45, 7) is -1.34. The molecule has 0 aliphatic carbocycles. The second-order valence-electron chi connectivity index (χ2n) is 6.02. The molecule has 1 saturated heterocycles. The molecular weight excluding hydrogens is 345 g/mol. The lowest BCUT2D eigenvalue weighted by Crippen LogP contribution is -2.45. The Labute approximate surface area is 142 Å². The van der Waals surface area contributed by atoms with Gasteiger partial charge in [0.15, 0.2) is 0 Å². The van der Waals surface area contributed by atoms with Gasteiger partial charge in [-0.1, -0.05) is 23.7 Å². The molecule has 0 aromatic heterocycles. The van der Waals surface area contributed by atoms with Crippen LogP contribution in [0.4, 0.5) is 13.2 Å². The summed E-state index contributed by atoms with van der Waals surface area (Å²) in [5, 5.41) is 5.33. The van der Waals surface area contributed by atoms with Crippen molar-refractivity contribution in [2.45, 2.75) is 43.8 Å². The number of rotatable bonds is 6. The fourth-order valence-electron chi connectivity index (χ4n) is 2.82. The molecule has 1 aliphatic rings. The van der Waals surface area contributed by atoms with Crippen LogP contribution in [0, 0.1) is 0 Å². The van der Waals surface area contributed by atoms with Gasteiger partial charge in [0.1, 0.15) is 6.54 Å². The van der Waals surface area contributed by atoms with Crippen LogP contribution >= 0.6 is 11.6 Å². The molecule has 2 N–H and O–H groups in total. The zero-order chi connectivity index (χ0) is 17.8. The van der Waals surface area contributed by atoms with Gasteiger partial charge in [-0.3, -0.25) is 9.59 Å². The monoisotopic (exact) mass is 362 g/mol. The van der Waals surface area contributed by atoms with Crippen LogP contribution in [0.3, 0.4) is 0 Å². The normalized spacial score (nSPS) is 20.8. The van der Waals surface area contributed by atoms with E-state index in [1.54, 1.807) is 12.1 Å². The van der Waals surface area contributed by atoms with Gasteiger partial charge in [0.05, 0.1) is 0 Å². The summed E-state index contributed by atoms with van der Waals surface area (Å²) in [6, 6.07) is 7.13. The van der Waals surface area contributed by atoms with Crippen molar-refractivity contribution in [2.75, 3.05) is 6.54 Å². The molecule has 1 atom stereocenters. The number of carbonyl (C=O) groups is 2. The Morgan fingerprint density at radius 3 is 2.50 bits per heavy atom. The Morgan fingerprint density at radius 2 is 1.96 bits per heavy atom. The third kappa shape index (κ3) is 5.70. The number of hydrogen-bond acceptors (Lipinski definition) is 2. The predicted molar refractivity (Wildman–Crippen MR) is 83.6 cm³/mol. The Kier molecular flexibility index (Phi) is 5.74. The van der Waals surface area contributed by atoms with Gasteiger partial charge >= 0.3 is 6.18 Å². The minimum Gasteiger partial charge on any atom is -0.350 e. The maximum absolute atomic E-state index is 12.1. The summed E-state index contributed by atoms with van der Waals surface area (Å²) >= 11 is 5.85. The molecule has 2 amide bonds. The van der Waals surface area contributed by atoms with Crippen LogP contribution in [0.1, 0.15) is 31.2 Å². The summed E-state index contributed by atoms with van der Waals surface area (Å²) in [5.41, 5.74) is 0.331. The van der Waals surface area contributed by atoms with Crippen molar-refractivity contribution in [3.63, 3.8) is 0 Å². The largest absolute Gasteiger partial charge is 0.405 e. The van der Waals surface area contributed by atoms with Crippen LogP contribution in [0.2, 0.25) is 5.02 Å². The third-order valence-corrected chi connectivity index (χ3v) is 4.26. The first-order valence-corrected chi connectivity index (χ1v) is 7.94. The molecule has 0 saturated carbocycles. The topological polar surface area (TPSA) is 58.2 Å². The van der Waals surface area contributed by atoms with Gasteiger partial charge in [-0.25, -0.2) is 0 Å². The van der Waals surface area contributed by atoms with Gasteiger partial charge in [-0.15, -0.1) is 0 Å². The lowest BCUT2D eigenvalue weighted by atomic mass is 9.85. The van der Waals surface area contributed by atoms with E-state index in [-0.39, 0.29) is 18.7 Å². The molecule has 24 heavy (non-hydrogen) atoms. The number of nitrogens with one attached hydrogen (secondary N) is 2. The molecule has 0 spiro atoms. The first kappa shape index (κ1) is 18.6. The van der Waals surface area contributed by atoms with E-state index in [1.165, 1.54) is 0 Å². The van der Waals surface area contributed by atoms with E-state index >= 15 is 0 Å². The Morgan fingerprint density at radius 1 is 1.29 bits per heavy atom. The van der Waals surface area contributed by atoms with Crippen molar-refractivity contribution < 1.29 is 22.8 Å². The first-order valence-electron chi connectivity index (χ1n) is 7.56. The van der Waals surface area contributed by atoms with E-state index in [4.69, 9.17) is 11.6 Å². The second-order valence-corrected chi connectivity index (χ2v) is 6.46. The van der Waals surface area contributed by atoms with Gasteiger partial charge in [0.25, 0.3) is 0 Å². The van der Waals surface area contributed by atoms with Gasteiger partial charge in [-0.2, -0.15) is 13.2 Å². The van der Waals surface area contributed by atoms with E-state index in [9.17, 15) is 22.8 Å². The molecule has 2 rings (SSSR count). The molecule has 0 radical (unpaired) electrons. The highest BCUT2D eigenvalue weighted by molar-refractivity contribution is 6.30. The van der Waals surface area contributed by atoms with Crippen LogP contribution in [-0.4, -0.2) is 30.1 Å². The molecular formula is C16H18ClF3N2O2. The van der Waals surface area contributed by atoms with Crippen molar-refractivity contribution in [1.82, 2.24) is 10.6 Å². The zero-order valence-corrected chi connectivity index (χ0v) is 13.6. The summed E-state index contributed by atoms with van der Waals surface area (Å²) < 4.78 is 36.4. The average Bonchev–Trinajstić information content (AvgIpc) is 2.86. The van der Waals surface area contributed by atoms with E-state index in [1.807, 2.05) is 17.4 Å². The van der Waals surface area contributed by atoms with Crippen LogP contribution in [0.5, 0.6) is 0 Å². The molecule has 132 valence electrons. The molecule has 8 heteroatoms. The molecule has 4 nitrogen and oxygen atoms in total. The number of halogens is 4. The molecule has 1 fully saturated rings. The van der Waals surface area contributed by atoms with Crippen LogP contribution < -0.4 is 10.6 Å². The Balaban J connectivity index is 1.96. The minimum absolute atomic E-state index is 0.0794. The fourth-order valence-corrected chi connectivity index (χ4v) is 2.94. The van der Waals surface area contributed by atoms with Crippen molar-refractivity contribution in [1.29, 1.82) is 0 Å². The molecule has 1 aromatic rings. The highest BCUT2D eigenvalue weighted by Crippen LogP contribution is 2.30. The van der Waals surface area contributed by atoms with E-state index in [2.05, 4.69) is 5.32 Å². The maximum Gasteiger partial charge on any atom is 0.405 e. The Hall–Kier alpha value is -1.76. The van der Waals surface area contributed by atoms with Crippen molar-refractivity contribution >= 4 is 23.4 Å². The fraction of sp³-hybridized carbons (Fsp3) is 0.500. The molecule has 1 aliphatic heterocycles. The minimum atomic E-state index is -4.43. The number of benzene rings is 1. The summed E-state index contributed by atoms with van der Waals surface area (Å²) in [7, 11) is 0. The number of hydrogen-bond donors (Lipinski definition) is 2. The van der Waals surface area contributed by atoms with Crippen LogP contribution in [0.15, 0.2) is 24.3 Å².